The normalized spacial score (nSPS) is 15.6. The lowest BCUT2D eigenvalue weighted by Crippen LogP contribution is -2.26. The third-order valence-corrected chi connectivity index (χ3v) is 1.72. The fourth-order valence-electron chi connectivity index (χ4n) is 1.10. The first-order valence-electron chi connectivity index (χ1n) is 3.86. The molecule has 3 heteroatoms. The lowest BCUT2D eigenvalue weighted by atomic mass is 10.0. The van der Waals surface area contributed by atoms with Gasteiger partial charge in [-0.05, 0) is 12.5 Å². The predicted molar refractivity (Wildman–Crippen MR) is 46.5 cm³/mol. The Kier molecular flexibility index (Phi) is 3.22. The van der Waals surface area contributed by atoms with Gasteiger partial charge in [0.2, 0.25) is 0 Å². The highest BCUT2D eigenvalue weighted by atomic mass is 17.1. The Morgan fingerprint density at radius 3 is 2.33 bits per heavy atom. The molecule has 0 aromatic heterocycles. The molecule has 1 aromatic rings. The van der Waals surface area contributed by atoms with Gasteiger partial charge in [-0.25, -0.2) is 4.89 Å². The second kappa shape index (κ2) is 4.21. The van der Waals surface area contributed by atoms with Crippen molar-refractivity contribution in [1.82, 2.24) is 0 Å². The van der Waals surface area contributed by atoms with Gasteiger partial charge in [-0.2, -0.15) is 0 Å². The fourth-order valence-corrected chi connectivity index (χ4v) is 1.10. The molecule has 0 amide bonds. The van der Waals surface area contributed by atoms with Crippen molar-refractivity contribution in [3.05, 3.63) is 35.9 Å². The topological polar surface area (TPSA) is 55.5 Å². The van der Waals surface area contributed by atoms with Crippen molar-refractivity contribution >= 4 is 0 Å². The standard InChI is InChI=1S/C9H13NO2/c1-7(10)9(12-11)8-5-3-2-4-6-8/h2-7,9,11H,10H2,1H3. The summed E-state index contributed by atoms with van der Waals surface area (Å²) in [6, 6.07) is 9.17. The average Bonchev–Trinajstić information content (AvgIpc) is 2.07. The number of hydrogen-bond acceptors (Lipinski definition) is 3. The van der Waals surface area contributed by atoms with Crippen LogP contribution < -0.4 is 5.73 Å². The van der Waals surface area contributed by atoms with Crippen LogP contribution in [0, 0.1) is 0 Å². The summed E-state index contributed by atoms with van der Waals surface area (Å²) < 4.78 is 0. The van der Waals surface area contributed by atoms with E-state index in [4.69, 9.17) is 11.0 Å². The van der Waals surface area contributed by atoms with E-state index in [1.165, 1.54) is 0 Å². The van der Waals surface area contributed by atoms with Gasteiger partial charge in [-0.3, -0.25) is 5.26 Å². The maximum atomic E-state index is 8.57. The summed E-state index contributed by atoms with van der Waals surface area (Å²) in [5.41, 5.74) is 6.48. The van der Waals surface area contributed by atoms with Gasteiger partial charge in [0.1, 0.15) is 6.10 Å². The van der Waals surface area contributed by atoms with Crippen molar-refractivity contribution < 1.29 is 10.1 Å². The molecular weight excluding hydrogens is 154 g/mol. The molecule has 0 aliphatic rings. The summed E-state index contributed by atoms with van der Waals surface area (Å²) in [6.07, 6.45) is -0.439. The summed E-state index contributed by atoms with van der Waals surface area (Å²) in [5, 5.41) is 8.57. The predicted octanol–water partition coefficient (Wildman–Crippen LogP) is 1.56. The molecule has 66 valence electrons. The largest absolute Gasteiger partial charge is 0.325 e. The minimum absolute atomic E-state index is 0.225. The molecule has 2 atom stereocenters. The van der Waals surface area contributed by atoms with Crippen LogP contribution in [-0.4, -0.2) is 11.3 Å². The molecule has 0 heterocycles. The lowest BCUT2D eigenvalue weighted by Gasteiger charge is -2.16. The van der Waals surface area contributed by atoms with Crippen molar-refractivity contribution in [3.8, 4) is 0 Å². The first-order chi connectivity index (χ1) is 5.75. The molecule has 1 rings (SSSR count). The van der Waals surface area contributed by atoms with E-state index in [1.807, 2.05) is 30.3 Å². The molecular formula is C9H13NO2. The molecule has 0 aliphatic carbocycles. The van der Waals surface area contributed by atoms with Crippen LogP contribution in [-0.2, 0) is 4.89 Å². The Balaban J connectivity index is 2.80. The Bertz CT molecular complexity index is 223. The maximum absolute atomic E-state index is 8.57. The molecule has 2 unspecified atom stereocenters. The molecule has 3 N–H and O–H groups in total. The average molecular weight is 167 g/mol. The zero-order valence-electron chi connectivity index (χ0n) is 6.97. The van der Waals surface area contributed by atoms with Gasteiger partial charge in [0.25, 0.3) is 0 Å². The molecule has 1 aromatic carbocycles. The maximum Gasteiger partial charge on any atom is 0.132 e. The molecule has 0 fully saturated rings. The fraction of sp³-hybridized carbons (Fsp3) is 0.333. The highest BCUT2D eigenvalue weighted by Crippen LogP contribution is 2.18. The second-order valence-corrected chi connectivity index (χ2v) is 2.80. The van der Waals surface area contributed by atoms with E-state index in [0.29, 0.717) is 0 Å². The van der Waals surface area contributed by atoms with Crippen molar-refractivity contribution in [3.63, 3.8) is 0 Å². The third-order valence-electron chi connectivity index (χ3n) is 1.72. The Labute approximate surface area is 71.7 Å². The van der Waals surface area contributed by atoms with Crippen LogP contribution in [0.15, 0.2) is 30.3 Å². The summed E-state index contributed by atoms with van der Waals surface area (Å²) in [5.74, 6) is 0. The van der Waals surface area contributed by atoms with Crippen LogP contribution in [0.25, 0.3) is 0 Å². The van der Waals surface area contributed by atoms with Gasteiger partial charge >= 0.3 is 0 Å². The molecule has 0 bridgehead atoms. The highest BCUT2D eigenvalue weighted by Gasteiger charge is 2.15. The number of hydrogen-bond donors (Lipinski definition) is 2. The van der Waals surface area contributed by atoms with E-state index in [-0.39, 0.29) is 6.04 Å². The molecule has 0 radical (unpaired) electrons. The first kappa shape index (κ1) is 9.19. The van der Waals surface area contributed by atoms with E-state index >= 15 is 0 Å². The summed E-state index contributed by atoms with van der Waals surface area (Å²) in [7, 11) is 0. The second-order valence-electron chi connectivity index (χ2n) is 2.80. The molecule has 0 aliphatic heterocycles. The lowest BCUT2D eigenvalue weighted by molar-refractivity contribution is -0.285. The van der Waals surface area contributed by atoms with Crippen LogP contribution in [0.1, 0.15) is 18.6 Å². The summed E-state index contributed by atoms with van der Waals surface area (Å²) in [6.45, 7) is 1.79. The molecule has 0 spiro atoms. The van der Waals surface area contributed by atoms with Gasteiger partial charge in [0.05, 0.1) is 0 Å². The zero-order valence-corrected chi connectivity index (χ0v) is 6.97. The number of nitrogens with two attached hydrogens (primary N) is 1. The van der Waals surface area contributed by atoms with Crippen molar-refractivity contribution in [2.24, 2.45) is 5.73 Å². The summed E-state index contributed by atoms with van der Waals surface area (Å²) in [4.78, 5) is 4.27. The number of benzene rings is 1. The zero-order chi connectivity index (χ0) is 8.97. The smallest absolute Gasteiger partial charge is 0.132 e. The van der Waals surface area contributed by atoms with E-state index in [1.54, 1.807) is 6.92 Å². The molecule has 3 nitrogen and oxygen atoms in total. The monoisotopic (exact) mass is 167 g/mol. The molecule has 0 saturated carbocycles. The Hall–Kier alpha value is -0.900. The van der Waals surface area contributed by atoms with Crippen LogP contribution in [0.3, 0.4) is 0 Å². The van der Waals surface area contributed by atoms with Crippen molar-refractivity contribution in [1.29, 1.82) is 0 Å². The first-order valence-corrected chi connectivity index (χ1v) is 3.86. The minimum atomic E-state index is -0.439. The van der Waals surface area contributed by atoms with Crippen molar-refractivity contribution in [2.75, 3.05) is 0 Å². The van der Waals surface area contributed by atoms with E-state index in [2.05, 4.69) is 4.89 Å². The highest BCUT2D eigenvalue weighted by molar-refractivity contribution is 5.18. The summed E-state index contributed by atoms with van der Waals surface area (Å²) >= 11 is 0. The molecule has 0 saturated heterocycles. The van der Waals surface area contributed by atoms with Crippen LogP contribution in [0.4, 0.5) is 0 Å². The number of rotatable bonds is 3. The Morgan fingerprint density at radius 1 is 1.33 bits per heavy atom. The van der Waals surface area contributed by atoms with E-state index < -0.39 is 6.10 Å². The molecule has 12 heavy (non-hydrogen) atoms. The van der Waals surface area contributed by atoms with Gasteiger partial charge in [-0.15, -0.1) is 0 Å². The Morgan fingerprint density at radius 2 is 1.92 bits per heavy atom. The van der Waals surface area contributed by atoms with E-state index in [0.717, 1.165) is 5.56 Å². The quantitative estimate of drug-likeness (QED) is 0.530. The van der Waals surface area contributed by atoms with Gasteiger partial charge in [0.15, 0.2) is 0 Å². The third kappa shape index (κ3) is 2.04. The van der Waals surface area contributed by atoms with Crippen molar-refractivity contribution in [2.45, 2.75) is 19.1 Å². The van der Waals surface area contributed by atoms with Gasteiger partial charge in [0, 0.05) is 6.04 Å². The van der Waals surface area contributed by atoms with Gasteiger partial charge < -0.3 is 5.73 Å². The van der Waals surface area contributed by atoms with Crippen LogP contribution >= 0.6 is 0 Å². The van der Waals surface area contributed by atoms with Crippen LogP contribution in [0.2, 0.25) is 0 Å². The van der Waals surface area contributed by atoms with Gasteiger partial charge in [-0.1, -0.05) is 30.3 Å². The van der Waals surface area contributed by atoms with E-state index in [9.17, 15) is 0 Å². The van der Waals surface area contributed by atoms with Crippen LogP contribution in [0.5, 0.6) is 0 Å². The SMILES string of the molecule is CC(N)C(OO)c1ccccc1. The minimum Gasteiger partial charge on any atom is -0.325 e.